The van der Waals surface area contributed by atoms with Gasteiger partial charge in [-0.2, -0.15) is 26.3 Å². The minimum absolute atomic E-state index is 0.0747. The number of benzene rings is 3. The maximum Gasteiger partial charge on any atom is 0.416 e. The Kier molecular flexibility index (Phi) is 9.80. The molecule has 0 N–H and O–H groups in total. The molecule has 9 heteroatoms. The highest BCUT2D eigenvalue weighted by Gasteiger charge is 2.40. The summed E-state index contributed by atoms with van der Waals surface area (Å²) in [5.41, 5.74) is -0.841. The largest absolute Gasteiger partial charge is 0.416 e. The molecule has 3 aromatic rings. The highest BCUT2D eigenvalue weighted by molar-refractivity contribution is 5.33. The minimum atomic E-state index is -4.92. The summed E-state index contributed by atoms with van der Waals surface area (Å²) < 4.78 is 100.0. The Labute approximate surface area is 236 Å². The van der Waals surface area contributed by atoms with Crippen LogP contribution < -0.4 is 0 Å². The first-order valence-corrected chi connectivity index (χ1v) is 13.7. The molecule has 1 aliphatic carbocycles. The number of likely N-dealkylation sites (N-methyl/N-ethyl adjacent to an activating group) is 1. The molecule has 2 unspecified atom stereocenters. The molecule has 1 fully saturated rings. The predicted molar refractivity (Wildman–Crippen MR) is 144 cm³/mol. The van der Waals surface area contributed by atoms with Gasteiger partial charge in [0.05, 0.1) is 23.8 Å². The third-order valence-electron chi connectivity index (χ3n) is 8.07. The molecular weight excluding hydrogens is 547 g/mol. The summed E-state index contributed by atoms with van der Waals surface area (Å²) in [4.78, 5) is 2.28. The second-order valence-electron chi connectivity index (χ2n) is 11.0. The van der Waals surface area contributed by atoms with E-state index in [0.29, 0.717) is 18.6 Å². The molecule has 0 aliphatic heterocycles. The molecule has 0 bridgehead atoms. The Morgan fingerprint density at radius 2 is 1.41 bits per heavy atom. The topological polar surface area (TPSA) is 12.5 Å². The average molecular weight is 582 g/mol. The number of halogens is 7. The summed E-state index contributed by atoms with van der Waals surface area (Å²) in [5.74, 6) is -0.248. The molecule has 2 nitrogen and oxygen atoms in total. The molecule has 0 aromatic heterocycles. The summed E-state index contributed by atoms with van der Waals surface area (Å²) >= 11 is 0. The van der Waals surface area contributed by atoms with Crippen LogP contribution in [-0.4, -0.2) is 31.1 Å². The van der Waals surface area contributed by atoms with Gasteiger partial charge < -0.3 is 9.64 Å². The average Bonchev–Trinajstić information content (AvgIpc) is 2.92. The number of nitrogens with zero attached hydrogens (tertiary/aromatic N) is 1. The van der Waals surface area contributed by atoms with Crippen molar-refractivity contribution in [3.8, 4) is 0 Å². The van der Waals surface area contributed by atoms with Gasteiger partial charge in [-0.25, -0.2) is 4.39 Å². The van der Waals surface area contributed by atoms with E-state index < -0.39 is 42.0 Å². The Bertz CT molecular complexity index is 1230. The molecule has 1 aliphatic rings. The third-order valence-corrected chi connectivity index (χ3v) is 8.07. The first kappa shape index (κ1) is 31.0. The fourth-order valence-electron chi connectivity index (χ4n) is 5.86. The van der Waals surface area contributed by atoms with Crippen molar-refractivity contribution in [2.75, 3.05) is 20.1 Å². The zero-order valence-corrected chi connectivity index (χ0v) is 23.0. The van der Waals surface area contributed by atoms with E-state index in [1.807, 2.05) is 18.2 Å². The minimum Gasteiger partial charge on any atom is -0.373 e. The number of rotatable bonds is 9. The first-order valence-electron chi connectivity index (χ1n) is 13.7. The van der Waals surface area contributed by atoms with Crippen molar-refractivity contribution in [2.45, 2.75) is 57.2 Å². The summed E-state index contributed by atoms with van der Waals surface area (Å²) in [5, 5.41) is 0. The van der Waals surface area contributed by atoms with Crippen LogP contribution in [0.2, 0.25) is 0 Å². The van der Waals surface area contributed by atoms with Crippen molar-refractivity contribution >= 4 is 0 Å². The van der Waals surface area contributed by atoms with Gasteiger partial charge in [-0.05, 0) is 85.2 Å². The van der Waals surface area contributed by atoms with Crippen molar-refractivity contribution in [3.05, 3.63) is 106 Å². The molecule has 4 rings (SSSR count). The third kappa shape index (κ3) is 8.32. The number of hydrogen-bond acceptors (Lipinski definition) is 2. The van der Waals surface area contributed by atoms with Crippen LogP contribution in [0.1, 0.15) is 53.5 Å². The van der Waals surface area contributed by atoms with Crippen LogP contribution in [0.4, 0.5) is 30.7 Å². The number of hydrogen-bond donors (Lipinski definition) is 0. The van der Waals surface area contributed by atoms with E-state index >= 15 is 0 Å². The van der Waals surface area contributed by atoms with E-state index in [9.17, 15) is 30.7 Å². The van der Waals surface area contributed by atoms with Crippen LogP contribution in [0.25, 0.3) is 0 Å². The van der Waals surface area contributed by atoms with Gasteiger partial charge in [0.2, 0.25) is 0 Å². The van der Waals surface area contributed by atoms with Gasteiger partial charge in [0, 0.05) is 19.0 Å². The highest BCUT2D eigenvalue weighted by atomic mass is 19.4. The molecular formula is C32H34F7NO. The van der Waals surface area contributed by atoms with Gasteiger partial charge in [0.1, 0.15) is 5.82 Å². The summed E-state index contributed by atoms with van der Waals surface area (Å²) in [6, 6.07) is 17.8. The van der Waals surface area contributed by atoms with E-state index in [1.54, 1.807) is 12.1 Å². The molecule has 4 atom stereocenters. The lowest BCUT2D eigenvalue weighted by molar-refractivity contribution is -0.143. The monoisotopic (exact) mass is 581 g/mol. The zero-order valence-electron chi connectivity index (χ0n) is 23.0. The lowest BCUT2D eigenvalue weighted by atomic mass is 9.68. The van der Waals surface area contributed by atoms with Crippen molar-refractivity contribution in [2.24, 2.45) is 11.8 Å². The van der Waals surface area contributed by atoms with Crippen molar-refractivity contribution in [3.63, 3.8) is 0 Å². The van der Waals surface area contributed by atoms with Gasteiger partial charge in [-0.3, -0.25) is 0 Å². The first-order chi connectivity index (χ1) is 19.3. The number of alkyl halides is 6. The van der Waals surface area contributed by atoms with E-state index in [4.69, 9.17) is 4.74 Å². The Hall–Kier alpha value is -2.91. The van der Waals surface area contributed by atoms with E-state index in [-0.39, 0.29) is 29.4 Å². The Balaban J connectivity index is 1.50. The molecule has 0 heterocycles. The molecule has 0 saturated heterocycles. The van der Waals surface area contributed by atoms with Crippen LogP contribution in [-0.2, 0) is 30.1 Å². The van der Waals surface area contributed by atoms with E-state index in [2.05, 4.69) is 31.0 Å². The van der Waals surface area contributed by atoms with Crippen molar-refractivity contribution in [1.29, 1.82) is 0 Å². The standard InChI is InChI=1S/C32H34F7NO/c1-21-25(19-40(2)15-14-22-6-4-3-5-7-22)10-13-29(30(21)24-8-11-28(33)12-9-24)41-20-23-16-26(31(34,35)36)18-27(17-23)32(37,38)39/h3-9,11-12,16-18,21,25,29-30H,10,13-15,19-20H2,1-2H3/t21?,25-,29-,30?/m0/s1. The highest BCUT2D eigenvalue weighted by Crippen LogP contribution is 2.44. The second-order valence-corrected chi connectivity index (χ2v) is 11.0. The van der Waals surface area contributed by atoms with Crippen LogP contribution in [0.3, 0.4) is 0 Å². The molecule has 222 valence electrons. The molecule has 0 radical (unpaired) electrons. The fraction of sp³-hybridized carbons (Fsp3) is 0.438. The van der Waals surface area contributed by atoms with E-state index in [0.717, 1.165) is 31.5 Å². The fourth-order valence-corrected chi connectivity index (χ4v) is 5.86. The number of ether oxygens (including phenoxy) is 1. The Morgan fingerprint density at radius 1 is 0.805 bits per heavy atom. The van der Waals surface area contributed by atoms with Crippen LogP contribution in [0, 0.1) is 17.7 Å². The Morgan fingerprint density at radius 3 is 2.00 bits per heavy atom. The molecule has 1 saturated carbocycles. The summed E-state index contributed by atoms with van der Waals surface area (Å²) in [6.45, 7) is 3.38. The summed E-state index contributed by atoms with van der Waals surface area (Å²) in [7, 11) is 2.07. The lowest BCUT2D eigenvalue weighted by Crippen LogP contribution is -2.41. The quantitative estimate of drug-likeness (QED) is 0.234. The molecule has 3 aromatic carbocycles. The van der Waals surface area contributed by atoms with E-state index in [1.165, 1.54) is 17.7 Å². The van der Waals surface area contributed by atoms with Crippen LogP contribution >= 0.6 is 0 Å². The van der Waals surface area contributed by atoms with Crippen molar-refractivity contribution < 1.29 is 35.5 Å². The smallest absolute Gasteiger partial charge is 0.373 e. The van der Waals surface area contributed by atoms with Gasteiger partial charge in [-0.15, -0.1) is 0 Å². The van der Waals surface area contributed by atoms with Crippen molar-refractivity contribution in [1.82, 2.24) is 4.90 Å². The molecule has 0 spiro atoms. The van der Waals surface area contributed by atoms with Crippen LogP contribution in [0.15, 0.2) is 72.8 Å². The molecule has 0 amide bonds. The lowest BCUT2D eigenvalue weighted by Gasteiger charge is -2.43. The van der Waals surface area contributed by atoms with Gasteiger partial charge in [-0.1, -0.05) is 49.4 Å². The normalized spacial score (nSPS) is 21.8. The maximum absolute atomic E-state index is 13.7. The predicted octanol–water partition coefficient (Wildman–Crippen LogP) is 8.75. The SMILES string of the molecule is CC1C(c2ccc(F)cc2)[C@@H](OCc2cc(C(F)(F)F)cc(C(F)(F)F)c2)CC[C@H]1CN(C)CCc1ccccc1. The van der Waals surface area contributed by atoms with Gasteiger partial charge in [0.15, 0.2) is 0 Å². The van der Waals surface area contributed by atoms with Gasteiger partial charge >= 0.3 is 12.4 Å². The van der Waals surface area contributed by atoms with Crippen LogP contribution in [0.5, 0.6) is 0 Å². The molecule has 41 heavy (non-hydrogen) atoms. The van der Waals surface area contributed by atoms with Gasteiger partial charge in [0.25, 0.3) is 0 Å². The second kappa shape index (κ2) is 12.9. The zero-order chi connectivity index (χ0) is 29.8. The summed E-state index contributed by atoms with van der Waals surface area (Å²) in [6.07, 6.45) is -8.03. The maximum atomic E-state index is 13.7.